The predicted molar refractivity (Wildman–Crippen MR) is 76.8 cm³/mol. The fourth-order valence-electron chi connectivity index (χ4n) is 2.74. The van der Waals surface area contributed by atoms with Crippen LogP contribution in [0.5, 0.6) is 0 Å². The molecule has 1 fully saturated rings. The number of nitro benzene ring substituents is 1. The predicted octanol–water partition coefficient (Wildman–Crippen LogP) is 3.19. The van der Waals surface area contributed by atoms with Gasteiger partial charge in [-0.15, -0.1) is 0 Å². The summed E-state index contributed by atoms with van der Waals surface area (Å²) in [5, 5.41) is 11.5. The molecule has 0 N–H and O–H groups in total. The minimum absolute atomic E-state index is 0.0860. The second kappa shape index (κ2) is 6.33. The number of hydrogen-bond acceptors (Lipinski definition) is 4. The molecule has 1 aromatic carbocycles. The van der Waals surface area contributed by atoms with Crippen LogP contribution in [-0.4, -0.2) is 28.2 Å². The molecule has 5 nitrogen and oxygen atoms in total. The quantitative estimate of drug-likeness (QED) is 0.618. The standard InChI is InChI=1S/C14H17ClN2O3/c1-10(18)7-13-3-2-6-16(13)9-11-8-12(15)4-5-14(11)17(19)20/h4-5,8,13H,2-3,6-7,9H2,1H3. The molecule has 0 saturated carbocycles. The van der Waals surface area contributed by atoms with Crippen molar-refractivity contribution < 1.29 is 9.72 Å². The summed E-state index contributed by atoms with van der Waals surface area (Å²) in [6.45, 7) is 2.91. The largest absolute Gasteiger partial charge is 0.300 e. The van der Waals surface area contributed by atoms with Crippen molar-refractivity contribution in [2.24, 2.45) is 0 Å². The Morgan fingerprint density at radius 3 is 2.95 bits per heavy atom. The van der Waals surface area contributed by atoms with E-state index in [1.54, 1.807) is 13.0 Å². The van der Waals surface area contributed by atoms with Gasteiger partial charge in [-0.3, -0.25) is 19.8 Å². The third-order valence-electron chi connectivity index (χ3n) is 3.63. The van der Waals surface area contributed by atoms with Crippen molar-refractivity contribution in [2.75, 3.05) is 6.54 Å². The number of hydrogen-bond donors (Lipinski definition) is 0. The van der Waals surface area contributed by atoms with E-state index in [1.807, 2.05) is 0 Å². The van der Waals surface area contributed by atoms with Gasteiger partial charge in [0.25, 0.3) is 5.69 Å². The van der Waals surface area contributed by atoms with Crippen LogP contribution in [-0.2, 0) is 11.3 Å². The molecule has 0 bridgehead atoms. The van der Waals surface area contributed by atoms with Crippen LogP contribution in [0.3, 0.4) is 0 Å². The highest BCUT2D eigenvalue weighted by molar-refractivity contribution is 6.30. The fraction of sp³-hybridized carbons (Fsp3) is 0.500. The molecule has 0 spiro atoms. The zero-order valence-electron chi connectivity index (χ0n) is 11.3. The van der Waals surface area contributed by atoms with Crippen molar-refractivity contribution in [3.8, 4) is 0 Å². The van der Waals surface area contributed by atoms with E-state index in [2.05, 4.69) is 4.90 Å². The minimum Gasteiger partial charge on any atom is -0.300 e. The van der Waals surface area contributed by atoms with Gasteiger partial charge in [-0.05, 0) is 38.4 Å². The lowest BCUT2D eigenvalue weighted by Gasteiger charge is -2.23. The number of halogens is 1. The van der Waals surface area contributed by atoms with Gasteiger partial charge in [-0.25, -0.2) is 0 Å². The average Bonchev–Trinajstić information content (AvgIpc) is 2.75. The average molecular weight is 297 g/mol. The van der Waals surface area contributed by atoms with Crippen molar-refractivity contribution in [2.45, 2.75) is 38.8 Å². The van der Waals surface area contributed by atoms with Crippen LogP contribution >= 0.6 is 11.6 Å². The van der Waals surface area contributed by atoms with Crippen molar-refractivity contribution in [1.82, 2.24) is 4.90 Å². The maximum atomic E-state index is 11.3. The summed E-state index contributed by atoms with van der Waals surface area (Å²) in [6.07, 6.45) is 2.49. The molecule has 108 valence electrons. The zero-order chi connectivity index (χ0) is 14.7. The normalized spacial score (nSPS) is 19.2. The number of rotatable bonds is 5. The lowest BCUT2D eigenvalue weighted by Crippen LogP contribution is -2.30. The first-order chi connectivity index (χ1) is 9.47. The number of ketones is 1. The van der Waals surface area contributed by atoms with Crippen LogP contribution in [0, 0.1) is 10.1 Å². The first-order valence-corrected chi connectivity index (χ1v) is 7.01. The molecule has 1 unspecified atom stereocenters. The Bertz CT molecular complexity index is 533. The van der Waals surface area contributed by atoms with Crippen molar-refractivity contribution in [1.29, 1.82) is 0 Å². The highest BCUT2D eigenvalue weighted by atomic mass is 35.5. The fourth-order valence-corrected chi connectivity index (χ4v) is 2.94. The highest BCUT2D eigenvalue weighted by Crippen LogP contribution is 2.28. The zero-order valence-corrected chi connectivity index (χ0v) is 12.1. The second-order valence-corrected chi connectivity index (χ2v) is 5.64. The number of nitrogens with zero attached hydrogens (tertiary/aromatic N) is 2. The van der Waals surface area contributed by atoms with Gasteiger partial charge in [0.05, 0.1) is 4.92 Å². The molecule has 20 heavy (non-hydrogen) atoms. The number of carbonyl (C=O) groups is 1. The molecule has 1 saturated heterocycles. The van der Waals surface area contributed by atoms with Crippen LogP contribution in [0.15, 0.2) is 18.2 Å². The Labute approximate surface area is 122 Å². The number of benzene rings is 1. The summed E-state index contributed by atoms with van der Waals surface area (Å²) in [5.41, 5.74) is 0.695. The maximum absolute atomic E-state index is 11.3. The van der Waals surface area contributed by atoms with E-state index in [9.17, 15) is 14.9 Å². The minimum atomic E-state index is -0.387. The van der Waals surface area contributed by atoms with Gasteiger partial charge in [-0.1, -0.05) is 11.6 Å². The highest BCUT2D eigenvalue weighted by Gasteiger charge is 2.27. The molecular formula is C14H17ClN2O3. The molecule has 1 aliphatic rings. The van der Waals surface area contributed by atoms with Crippen molar-refractivity contribution in [3.05, 3.63) is 38.9 Å². The van der Waals surface area contributed by atoms with Gasteiger partial charge < -0.3 is 0 Å². The topological polar surface area (TPSA) is 63.5 Å². The van der Waals surface area contributed by atoms with Crippen LogP contribution in [0.1, 0.15) is 31.7 Å². The molecule has 0 aromatic heterocycles. The summed E-state index contributed by atoms with van der Waals surface area (Å²) < 4.78 is 0. The molecule has 0 radical (unpaired) electrons. The van der Waals surface area contributed by atoms with Crippen molar-refractivity contribution in [3.63, 3.8) is 0 Å². The van der Waals surface area contributed by atoms with Crippen molar-refractivity contribution >= 4 is 23.1 Å². The smallest absolute Gasteiger partial charge is 0.273 e. The molecule has 1 atom stereocenters. The van der Waals surface area contributed by atoms with Gasteiger partial charge in [0.2, 0.25) is 0 Å². The summed E-state index contributed by atoms with van der Waals surface area (Å²) >= 11 is 5.93. The van der Waals surface area contributed by atoms with E-state index < -0.39 is 0 Å². The Kier molecular flexibility index (Phi) is 4.73. The van der Waals surface area contributed by atoms with Gasteiger partial charge in [0, 0.05) is 35.7 Å². The Hall–Kier alpha value is -1.46. The second-order valence-electron chi connectivity index (χ2n) is 5.20. The van der Waals surface area contributed by atoms with E-state index in [1.165, 1.54) is 12.1 Å². The first-order valence-electron chi connectivity index (χ1n) is 6.63. The maximum Gasteiger partial charge on any atom is 0.273 e. The van der Waals surface area contributed by atoms with Gasteiger partial charge in [0.1, 0.15) is 5.78 Å². The molecule has 0 aliphatic carbocycles. The number of Topliss-reactive ketones (excluding diaryl/α,β-unsaturated/α-hetero) is 1. The summed E-state index contributed by atoms with van der Waals surface area (Å²) in [7, 11) is 0. The van der Waals surface area contributed by atoms with E-state index in [0.717, 1.165) is 19.4 Å². The Morgan fingerprint density at radius 1 is 1.55 bits per heavy atom. The van der Waals surface area contributed by atoms with Gasteiger partial charge >= 0.3 is 0 Å². The number of carbonyl (C=O) groups excluding carboxylic acids is 1. The summed E-state index contributed by atoms with van der Waals surface area (Å²) in [5.74, 6) is 0.155. The van der Waals surface area contributed by atoms with E-state index >= 15 is 0 Å². The monoisotopic (exact) mass is 296 g/mol. The lowest BCUT2D eigenvalue weighted by atomic mass is 10.1. The summed E-state index contributed by atoms with van der Waals surface area (Å²) in [4.78, 5) is 24.1. The number of likely N-dealkylation sites (tertiary alicyclic amines) is 1. The lowest BCUT2D eigenvalue weighted by molar-refractivity contribution is -0.385. The Morgan fingerprint density at radius 2 is 2.30 bits per heavy atom. The molecule has 2 rings (SSSR count). The molecule has 0 amide bonds. The molecule has 1 aromatic rings. The third kappa shape index (κ3) is 3.55. The van der Waals surface area contributed by atoms with E-state index in [-0.39, 0.29) is 22.4 Å². The van der Waals surface area contributed by atoms with Gasteiger partial charge in [-0.2, -0.15) is 0 Å². The summed E-state index contributed by atoms with van der Waals surface area (Å²) in [6, 6.07) is 4.79. The molecular weight excluding hydrogens is 280 g/mol. The van der Waals surface area contributed by atoms with E-state index in [4.69, 9.17) is 11.6 Å². The molecule has 1 aliphatic heterocycles. The van der Waals surface area contributed by atoms with E-state index in [0.29, 0.717) is 23.6 Å². The van der Waals surface area contributed by atoms with Crippen LogP contribution < -0.4 is 0 Å². The van der Waals surface area contributed by atoms with Crippen LogP contribution in [0.2, 0.25) is 5.02 Å². The molecule has 6 heteroatoms. The van der Waals surface area contributed by atoms with Crippen LogP contribution in [0.4, 0.5) is 5.69 Å². The first kappa shape index (κ1) is 14.9. The third-order valence-corrected chi connectivity index (χ3v) is 3.87. The van der Waals surface area contributed by atoms with Gasteiger partial charge in [0.15, 0.2) is 0 Å². The van der Waals surface area contributed by atoms with Crippen LogP contribution in [0.25, 0.3) is 0 Å². The Balaban J connectivity index is 2.18. The SMILES string of the molecule is CC(=O)CC1CCCN1Cc1cc(Cl)ccc1[N+](=O)[O-]. The number of nitro groups is 1. The molecule has 1 heterocycles.